The molecule has 3 N–H and O–H groups in total. The number of ether oxygens (including phenoxy) is 2. The van der Waals surface area contributed by atoms with Gasteiger partial charge in [-0.05, 0) is 43.2 Å². The number of benzene rings is 2. The fourth-order valence-electron chi connectivity index (χ4n) is 3.87. The molecule has 0 atom stereocenters. The maximum atomic E-state index is 10.2. The van der Waals surface area contributed by atoms with Gasteiger partial charge in [0.1, 0.15) is 11.5 Å². The first-order valence-electron chi connectivity index (χ1n) is 10.8. The highest BCUT2D eigenvalue weighted by Crippen LogP contribution is 2.37. The van der Waals surface area contributed by atoms with E-state index in [1.165, 1.54) is 48.9 Å². The fraction of sp³-hybridized carbons (Fsp3) is 0.333. The number of phenols is 3. The van der Waals surface area contributed by atoms with Gasteiger partial charge in [0, 0.05) is 16.5 Å². The molecule has 9 heteroatoms. The van der Waals surface area contributed by atoms with Gasteiger partial charge in [-0.25, -0.2) is 4.68 Å². The molecule has 1 aliphatic carbocycles. The summed E-state index contributed by atoms with van der Waals surface area (Å²) in [4.78, 5) is 5.70. The van der Waals surface area contributed by atoms with E-state index in [0.29, 0.717) is 11.5 Å². The molecule has 0 saturated heterocycles. The number of hydrogen-bond donors (Lipinski definition) is 3. The highest BCUT2D eigenvalue weighted by molar-refractivity contribution is 7.07. The number of rotatable bonds is 6. The number of aromatic nitrogens is 1. The zero-order valence-corrected chi connectivity index (χ0v) is 19.4. The average molecular weight is 470 g/mol. The SMILES string of the molecule is COc1ccc(OC)c(-c2csc(=NC3CCCCC3)n2N=Cc2ccc(O)c(O)c2O)c1. The van der Waals surface area contributed by atoms with E-state index in [0.717, 1.165) is 28.9 Å². The van der Waals surface area contributed by atoms with E-state index >= 15 is 0 Å². The Labute approximate surface area is 195 Å². The van der Waals surface area contributed by atoms with Crippen LogP contribution < -0.4 is 14.3 Å². The molecule has 1 heterocycles. The normalized spacial score (nSPS) is 15.3. The number of hydrogen-bond acceptors (Lipinski definition) is 8. The molecule has 4 rings (SSSR count). The van der Waals surface area contributed by atoms with E-state index in [1.807, 2.05) is 23.6 Å². The highest BCUT2D eigenvalue weighted by Gasteiger charge is 2.17. The highest BCUT2D eigenvalue weighted by atomic mass is 32.1. The van der Waals surface area contributed by atoms with Crippen molar-refractivity contribution in [2.24, 2.45) is 10.1 Å². The Morgan fingerprint density at radius 2 is 1.79 bits per heavy atom. The predicted molar refractivity (Wildman–Crippen MR) is 128 cm³/mol. The molecule has 1 saturated carbocycles. The second-order valence-corrected chi connectivity index (χ2v) is 8.65. The van der Waals surface area contributed by atoms with Crippen LogP contribution in [0.2, 0.25) is 0 Å². The van der Waals surface area contributed by atoms with Crippen molar-refractivity contribution in [3.8, 4) is 40.0 Å². The third-order valence-corrected chi connectivity index (χ3v) is 6.54. The third-order valence-electron chi connectivity index (χ3n) is 5.71. The van der Waals surface area contributed by atoms with Gasteiger partial charge in [-0.1, -0.05) is 19.3 Å². The molecule has 0 unspecified atom stereocenters. The van der Waals surface area contributed by atoms with E-state index in [1.54, 1.807) is 18.9 Å². The average Bonchev–Trinajstić information content (AvgIpc) is 3.24. The Kier molecular flexibility index (Phi) is 6.88. The smallest absolute Gasteiger partial charge is 0.206 e. The van der Waals surface area contributed by atoms with Crippen LogP contribution in [0.15, 0.2) is 45.8 Å². The fourth-order valence-corrected chi connectivity index (χ4v) is 4.77. The second kappa shape index (κ2) is 9.99. The van der Waals surface area contributed by atoms with Gasteiger partial charge in [0.2, 0.25) is 10.6 Å². The van der Waals surface area contributed by atoms with Crippen LogP contribution in [0.3, 0.4) is 0 Å². The Morgan fingerprint density at radius 3 is 2.52 bits per heavy atom. The van der Waals surface area contributed by atoms with Crippen LogP contribution in [0.5, 0.6) is 28.7 Å². The molecule has 33 heavy (non-hydrogen) atoms. The second-order valence-electron chi connectivity index (χ2n) is 7.82. The minimum absolute atomic E-state index is 0.241. The van der Waals surface area contributed by atoms with E-state index in [4.69, 9.17) is 14.5 Å². The zero-order valence-electron chi connectivity index (χ0n) is 18.6. The van der Waals surface area contributed by atoms with Crippen LogP contribution in [0.1, 0.15) is 37.7 Å². The lowest BCUT2D eigenvalue weighted by Gasteiger charge is -2.17. The van der Waals surface area contributed by atoms with Gasteiger partial charge in [0.15, 0.2) is 11.5 Å². The molecule has 1 aliphatic rings. The number of methoxy groups -OCH3 is 2. The Morgan fingerprint density at radius 1 is 1.00 bits per heavy atom. The van der Waals surface area contributed by atoms with Gasteiger partial charge in [0.25, 0.3) is 0 Å². The largest absolute Gasteiger partial charge is 0.504 e. The minimum Gasteiger partial charge on any atom is -0.504 e. The van der Waals surface area contributed by atoms with Gasteiger partial charge < -0.3 is 24.8 Å². The first-order valence-corrected chi connectivity index (χ1v) is 11.6. The minimum atomic E-state index is -0.587. The van der Waals surface area contributed by atoms with Crippen molar-refractivity contribution in [2.75, 3.05) is 14.2 Å². The van der Waals surface area contributed by atoms with Gasteiger partial charge in [-0.15, -0.1) is 11.3 Å². The molecule has 174 valence electrons. The Balaban J connectivity index is 1.85. The van der Waals surface area contributed by atoms with Gasteiger partial charge in [-0.2, -0.15) is 5.10 Å². The van der Waals surface area contributed by atoms with Crippen LogP contribution in [-0.4, -0.2) is 46.5 Å². The molecule has 1 aromatic heterocycles. The lowest BCUT2D eigenvalue weighted by atomic mass is 9.96. The summed E-state index contributed by atoms with van der Waals surface area (Å²) >= 11 is 1.48. The van der Waals surface area contributed by atoms with E-state index in [2.05, 4.69) is 5.10 Å². The Hall–Kier alpha value is -3.46. The molecular weight excluding hydrogens is 442 g/mol. The topological polar surface area (TPSA) is 109 Å². The van der Waals surface area contributed by atoms with Gasteiger partial charge in [-0.3, -0.25) is 4.99 Å². The molecule has 3 aromatic rings. The number of phenolic OH excluding ortho intramolecular Hbond substituents is 3. The molecule has 0 radical (unpaired) electrons. The number of thiazole rings is 1. The van der Waals surface area contributed by atoms with Crippen molar-refractivity contribution in [2.45, 2.75) is 38.1 Å². The maximum Gasteiger partial charge on any atom is 0.206 e. The van der Waals surface area contributed by atoms with Crippen LogP contribution in [0.25, 0.3) is 11.3 Å². The Bertz CT molecular complexity index is 1230. The van der Waals surface area contributed by atoms with Crippen molar-refractivity contribution < 1.29 is 24.8 Å². The van der Waals surface area contributed by atoms with Crippen LogP contribution in [-0.2, 0) is 0 Å². The number of nitrogens with zero attached hydrogens (tertiary/aromatic N) is 3. The lowest BCUT2D eigenvalue weighted by Crippen LogP contribution is -2.19. The quantitative estimate of drug-likeness (QED) is 0.365. The summed E-state index contributed by atoms with van der Waals surface area (Å²) in [6, 6.07) is 8.55. The van der Waals surface area contributed by atoms with Crippen molar-refractivity contribution in [1.29, 1.82) is 0 Å². The standard InChI is InChI=1S/C24H27N3O5S/c1-31-17-9-11-21(32-2)18(12-17)19-14-33-24(26-16-6-4-3-5-7-16)27(19)25-13-15-8-10-20(28)23(30)22(15)29/h8-14,16,28-30H,3-7H2,1-2H3. The summed E-state index contributed by atoms with van der Waals surface area (Å²) < 4.78 is 12.7. The first-order chi connectivity index (χ1) is 16.0. The number of aromatic hydroxyl groups is 3. The van der Waals surface area contributed by atoms with E-state index in [9.17, 15) is 15.3 Å². The van der Waals surface area contributed by atoms with Crippen LogP contribution in [0, 0.1) is 0 Å². The molecule has 0 spiro atoms. The maximum absolute atomic E-state index is 10.2. The third kappa shape index (κ3) is 4.83. The van der Waals surface area contributed by atoms with Gasteiger partial charge in [0.05, 0.1) is 32.2 Å². The van der Waals surface area contributed by atoms with Crippen molar-refractivity contribution in [3.63, 3.8) is 0 Å². The van der Waals surface area contributed by atoms with Crippen LogP contribution >= 0.6 is 11.3 Å². The first kappa shape index (κ1) is 22.7. The van der Waals surface area contributed by atoms with Crippen molar-refractivity contribution in [3.05, 3.63) is 46.1 Å². The van der Waals surface area contributed by atoms with E-state index < -0.39 is 17.2 Å². The lowest BCUT2D eigenvalue weighted by molar-refractivity contribution is 0.367. The molecule has 8 nitrogen and oxygen atoms in total. The molecule has 0 amide bonds. The summed E-state index contributed by atoms with van der Waals surface area (Å²) in [5.74, 6) is -0.0918. The molecule has 1 fully saturated rings. The summed E-state index contributed by atoms with van der Waals surface area (Å²) in [5.41, 5.74) is 1.80. The monoisotopic (exact) mass is 469 g/mol. The van der Waals surface area contributed by atoms with E-state index in [-0.39, 0.29) is 11.6 Å². The summed E-state index contributed by atoms with van der Waals surface area (Å²) in [7, 11) is 3.21. The summed E-state index contributed by atoms with van der Waals surface area (Å²) in [6.07, 6.45) is 7.10. The molecular formula is C24H27N3O5S. The van der Waals surface area contributed by atoms with Crippen molar-refractivity contribution in [1.82, 2.24) is 4.68 Å². The molecule has 2 aromatic carbocycles. The molecule has 0 bridgehead atoms. The van der Waals surface area contributed by atoms with Crippen LogP contribution in [0.4, 0.5) is 0 Å². The van der Waals surface area contributed by atoms with Crippen molar-refractivity contribution >= 4 is 17.6 Å². The molecule has 0 aliphatic heterocycles. The predicted octanol–water partition coefficient (Wildman–Crippen LogP) is 4.47. The zero-order chi connectivity index (χ0) is 23.4. The summed E-state index contributed by atoms with van der Waals surface area (Å²) in [6.45, 7) is 0. The van der Waals surface area contributed by atoms with Gasteiger partial charge >= 0.3 is 0 Å². The summed E-state index contributed by atoms with van der Waals surface area (Å²) in [5, 5.41) is 36.2.